The summed E-state index contributed by atoms with van der Waals surface area (Å²) in [6, 6.07) is 27.1. The second-order valence-corrected chi connectivity index (χ2v) is 9.30. The van der Waals surface area contributed by atoms with Crippen LogP contribution in [0.4, 0.5) is 14.9 Å². The van der Waals surface area contributed by atoms with Crippen LogP contribution in [0.25, 0.3) is 0 Å². The highest BCUT2D eigenvalue weighted by Crippen LogP contribution is 2.33. The largest absolute Gasteiger partial charge is 0.489 e. The highest BCUT2D eigenvalue weighted by atomic mass is 19.1. The molecule has 1 aliphatic rings. The van der Waals surface area contributed by atoms with Gasteiger partial charge in [0.1, 0.15) is 25.6 Å². The maximum absolute atomic E-state index is 12.4. The molecular formula is C36H45FN2O5. The van der Waals surface area contributed by atoms with Crippen molar-refractivity contribution in [2.24, 2.45) is 0 Å². The first-order valence-corrected chi connectivity index (χ1v) is 14.9. The molecule has 8 heteroatoms. The lowest BCUT2D eigenvalue weighted by molar-refractivity contribution is 0.164. The smallest absolute Gasteiger partial charge is 0.414 e. The van der Waals surface area contributed by atoms with Gasteiger partial charge in [0.05, 0.1) is 19.3 Å². The Balaban J connectivity index is 0.000000376. The number of benzene rings is 3. The fourth-order valence-electron chi connectivity index (χ4n) is 4.41. The van der Waals surface area contributed by atoms with Crippen molar-refractivity contribution in [1.29, 1.82) is 0 Å². The van der Waals surface area contributed by atoms with E-state index in [2.05, 4.69) is 6.58 Å². The standard InChI is InChI=1S/C24H24FNO3.C10H15NO2.C2H6/c1-2-8-21(11-6-7-16-25)26-23(18-29-24(26)27)20-12-14-22(15-13-20)28-17-19-9-4-3-5-10-19;12-8-6-11(7-9-13)10-4-2-1-3-5-10;1-2/h2-10,12-15,23H,1,11,16-18H2;1-5,12-13H,6-9H2;1-2H3/b7-6-,21-8+;;. The molecule has 1 aliphatic heterocycles. The topological polar surface area (TPSA) is 82.5 Å². The third-order valence-corrected chi connectivity index (χ3v) is 6.45. The van der Waals surface area contributed by atoms with Crippen LogP contribution in [0, 0.1) is 0 Å². The van der Waals surface area contributed by atoms with Crippen molar-refractivity contribution in [3.63, 3.8) is 0 Å². The minimum absolute atomic E-state index is 0.106. The summed E-state index contributed by atoms with van der Waals surface area (Å²) in [6.45, 7) is 9.25. The number of ether oxygens (including phenoxy) is 2. The molecule has 0 bridgehead atoms. The molecule has 0 radical (unpaired) electrons. The first-order valence-electron chi connectivity index (χ1n) is 14.9. The average Bonchev–Trinajstić information content (AvgIpc) is 3.46. The van der Waals surface area contributed by atoms with Gasteiger partial charge in [-0.15, -0.1) is 0 Å². The molecule has 236 valence electrons. The van der Waals surface area contributed by atoms with E-state index in [1.807, 2.05) is 104 Å². The molecule has 0 spiro atoms. The third-order valence-electron chi connectivity index (χ3n) is 6.45. The Labute approximate surface area is 261 Å². The highest BCUT2D eigenvalue weighted by Gasteiger charge is 2.36. The molecule has 1 amide bonds. The van der Waals surface area contributed by atoms with Crippen LogP contribution < -0.4 is 9.64 Å². The number of hydrogen-bond acceptors (Lipinski definition) is 6. The number of halogens is 1. The van der Waals surface area contributed by atoms with E-state index in [0.717, 1.165) is 22.6 Å². The van der Waals surface area contributed by atoms with E-state index in [-0.39, 0.29) is 25.9 Å². The number of carbonyl (C=O) groups excluding carboxylic acids is 1. The minimum atomic E-state index is -0.542. The lowest BCUT2D eigenvalue weighted by Gasteiger charge is -2.24. The van der Waals surface area contributed by atoms with Gasteiger partial charge in [-0.2, -0.15) is 0 Å². The molecule has 2 N–H and O–H groups in total. The molecule has 1 fully saturated rings. The van der Waals surface area contributed by atoms with E-state index >= 15 is 0 Å². The van der Waals surface area contributed by atoms with Crippen molar-refractivity contribution < 1.29 is 28.9 Å². The van der Waals surface area contributed by atoms with Gasteiger partial charge in [-0.05, 0) is 41.5 Å². The number of amides is 1. The second-order valence-electron chi connectivity index (χ2n) is 9.30. The first kappa shape index (κ1) is 35.8. The second kappa shape index (κ2) is 21.3. The normalized spacial score (nSPS) is 14.2. The molecule has 7 nitrogen and oxygen atoms in total. The van der Waals surface area contributed by atoms with Crippen LogP contribution in [0.5, 0.6) is 5.75 Å². The summed E-state index contributed by atoms with van der Waals surface area (Å²) in [5.74, 6) is 0.752. The van der Waals surface area contributed by atoms with E-state index in [1.165, 1.54) is 6.08 Å². The number of hydrogen-bond donors (Lipinski definition) is 2. The Bertz CT molecular complexity index is 1260. The van der Waals surface area contributed by atoms with Crippen molar-refractivity contribution in [2.45, 2.75) is 32.9 Å². The zero-order valence-corrected chi connectivity index (χ0v) is 25.7. The summed E-state index contributed by atoms with van der Waals surface area (Å²) < 4.78 is 23.5. The van der Waals surface area contributed by atoms with Crippen molar-refractivity contribution in [3.8, 4) is 5.75 Å². The van der Waals surface area contributed by atoms with E-state index in [1.54, 1.807) is 23.1 Å². The minimum Gasteiger partial charge on any atom is -0.489 e. The molecule has 1 unspecified atom stereocenters. The molecule has 1 heterocycles. The van der Waals surface area contributed by atoms with Gasteiger partial charge < -0.3 is 24.6 Å². The van der Waals surface area contributed by atoms with Crippen LogP contribution in [0.15, 0.2) is 122 Å². The monoisotopic (exact) mass is 604 g/mol. The fourth-order valence-corrected chi connectivity index (χ4v) is 4.41. The van der Waals surface area contributed by atoms with Gasteiger partial charge in [0.2, 0.25) is 0 Å². The van der Waals surface area contributed by atoms with Crippen LogP contribution >= 0.6 is 0 Å². The molecular weight excluding hydrogens is 559 g/mol. The highest BCUT2D eigenvalue weighted by molar-refractivity contribution is 5.73. The summed E-state index contributed by atoms with van der Waals surface area (Å²) in [6.07, 6.45) is 6.48. The van der Waals surface area contributed by atoms with Gasteiger partial charge in [0.15, 0.2) is 0 Å². The Morgan fingerprint density at radius 3 is 2.16 bits per heavy atom. The zero-order chi connectivity index (χ0) is 32.0. The number of aliphatic hydroxyl groups excluding tert-OH is 2. The predicted molar refractivity (Wildman–Crippen MR) is 175 cm³/mol. The van der Waals surface area contributed by atoms with Crippen LogP contribution in [-0.4, -0.2) is 60.8 Å². The van der Waals surface area contributed by atoms with Crippen LogP contribution in [0.1, 0.15) is 37.4 Å². The lowest BCUT2D eigenvalue weighted by Crippen LogP contribution is -2.29. The van der Waals surface area contributed by atoms with E-state index in [4.69, 9.17) is 19.7 Å². The number of nitrogens with zero attached hydrogens (tertiary/aromatic N) is 2. The van der Waals surface area contributed by atoms with E-state index in [0.29, 0.717) is 31.8 Å². The van der Waals surface area contributed by atoms with Gasteiger partial charge in [-0.3, -0.25) is 4.90 Å². The van der Waals surface area contributed by atoms with Crippen molar-refractivity contribution in [1.82, 2.24) is 4.90 Å². The summed E-state index contributed by atoms with van der Waals surface area (Å²) in [5, 5.41) is 17.6. The summed E-state index contributed by atoms with van der Waals surface area (Å²) >= 11 is 0. The molecule has 0 saturated carbocycles. The van der Waals surface area contributed by atoms with Crippen LogP contribution in [0.2, 0.25) is 0 Å². The Kier molecular flexibility index (Phi) is 17.3. The maximum Gasteiger partial charge on any atom is 0.414 e. The van der Waals surface area contributed by atoms with Crippen LogP contribution in [0.3, 0.4) is 0 Å². The number of para-hydroxylation sites is 1. The first-order chi connectivity index (χ1) is 21.6. The van der Waals surface area contributed by atoms with Gasteiger partial charge in [0, 0.05) is 30.9 Å². The number of alkyl halides is 1. The van der Waals surface area contributed by atoms with Crippen molar-refractivity contribution in [3.05, 3.63) is 133 Å². The molecule has 0 aliphatic carbocycles. The molecule has 44 heavy (non-hydrogen) atoms. The fraction of sp³-hybridized carbons (Fsp3) is 0.306. The Morgan fingerprint density at radius 2 is 1.59 bits per heavy atom. The SMILES string of the molecule is C=C/C=C(\C/C=C\CF)N1C(=O)OCC1c1ccc(OCc2ccccc2)cc1.CC.OCCN(CCO)c1ccccc1. The number of aliphatic hydroxyl groups is 2. The maximum atomic E-state index is 12.4. The number of allylic oxidation sites excluding steroid dienone is 4. The number of carbonyl (C=O) groups is 1. The Morgan fingerprint density at radius 1 is 0.977 bits per heavy atom. The van der Waals surface area contributed by atoms with Gasteiger partial charge in [-0.25, -0.2) is 9.18 Å². The number of rotatable bonds is 14. The molecule has 0 aromatic heterocycles. The van der Waals surface area contributed by atoms with Gasteiger partial charge in [-0.1, -0.05) is 99.3 Å². The van der Waals surface area contributed by atoms with E-state index in [9.17, 15) is 9.18 Å². The Hall–Kier alpha value is -4.40. The van der Waals surface area contributed by atoms with Gasteiger partial charge >= 0.3 is 6.09 Å². The number of cyclic esters (lactones) is 1. The van der Waals surface area contributed by atoms with Gasteiger partial charge in [0.25, 0.3) is 0 Å². The summed E-state index contributed by atoms with van der Waals surface area (Å²) in [5.41, 5.74) is 3.78. The quantitative estimate of drug-likeness (QED) is 0.149. The van der Waals surface area contributed by atoms with Crippen LogP contribution in [-0.2, 0) is 11.3 Å². The molecule has 3 aromatic rings. The van der Waals surface area contributed by atoms with Crippen molar-refractivity contribution in [2.75, 3.05) is 44.5 Å². The number of anilines is 1. The van der Waals surface area contributed by atoms with E-state index < -0.39 is 12.8 Å². The predicted octanol–water partition coefficient (Wildman–Crippen LogP) is 7.25. The average molecular weight is 605 g/mol. The summed E-state index contributed by atoms with van der Waals surface area (Å²) in [7, 11) is 0. The lowest BCUT2D eigenvalue weighted by atomic mass is 10.1. The summed E-state index contributed by atoms with van der Waals surface area (Å²) in [4.78, 5) is 15.9. The molecule has 4 rings (SSSR count). The zero-order valence-electron chi connectivity index (χ0n) is 25.7. The molecule has 1 atom stereocenters. The molecule has 1 saturated heterocycles. The molecule has 3 aromatic carbocycles. The van der Waals surface area contributed by atoms with Crippen molar-refractivity contribution >= 4 is 11.8 Å². The third kappa shape index (κ3) is 11.7.